The van der Waals surface area contributed by atoms with Crippen LogP contribution in [-0.2, 0) is 4.79 Å². The number of carbonyl (C=O) groups is 1. The zero-order chi connectivity index (χ0) is 20.8. The lowest BCUT2D eigenvalue weighted by molar-refractivity contribution is -0.133. The summed E-state index contributed by atoms with van der Waals surface area (Å²) in [7, 11) is 1.57. The zero-order valence-electron chi connectivity index (χ0n) is 16.2. The molecule has 0 aliphatic rings. The first-order valence-electron chi connectivity index (χ1n) is 8.73. The zero-order valence-corrected chi connectivity index (χ0v) is 17.0. The van der Waals surface area contributed by atoms with Crippen LogP contribution in [-0.4, -0.2) is 51.6 Å². The molecule has 0 bridgehead atoms. The van der Waals surface area contributed by atoms with Crippen molar-refractivity contribution >= 4 is 23.9 Å². The minimum Gasteiger partial charge on any atom is -0.493 e. The number of rotatable bonds is 9. The predicted octanol–water partition coefficient (Wildman–Crippen LogP) is 3.31. The number of aromatic nitrogens is 3. The standard InChI is InChI=1S/C19H20N4O5S/c1-4-27-15-6-5-13(9-16(15)26-3)10-20-23-18(14-7-8-28-12(14)2)21-22-19(23)29-11-17(24)25/h5-10H,4,11H2,1-3H3,(H,24,25)/b20-10-. The van der Waals surface area contributed by atoms with Gasteiger partial charge in [0.05, 0.1) is 37.5 Å². The van der Waals surface area contributed by atoms with Gasteiger partial charge in [-0.25, -0.2) is 0 Å². The predicted molar refractivity (Wildman–Crippen MR) is 108 cm³/mol. The molecule has 0 unspecified atom stereocenters. The normalized spacial score (nSPS) is 11.1. The number of hydrogen-bond donors (Lipinski definition) is 1. The fraction of sp³-hybridized carbons (Fsp3) is 0.263. The van der Waals surface area contributed by atoms with Crippen LogP contribution in [0.4, 0.5) is 0 Å². The van der Waals surface area contributed by atoms with Crippen LogP contribution < -0.4 is 9.47 Å². The van der Waals surface area contributed by atoms with E-state index in [1.54, 1.807) is 44.7 Å². The van der Waals surface area contributed by atoms with Crippen molar-refractivity contribution in [3.8, 4) is 22.9 Å². The van der Waals surface area contributed by atoms with Crippen LogP contribution in [0, 0.1) is 6.92 Å². The molecule has 0 spiro atoms. The van der Waals surface area contributed by atoms with E-state index in [1.807, 2.05) is 13.0 Å². The maximum Gasteiger partial charge on any atom is 0.313 e. The molecule has 9 nitrogen and oxygen atoms in total. The van der Waals surface area contributed by atoms with Gasteiger partial charge >= 0.3 is 5.97 Å². The quantitative estimate of drug-likeness (QED) is 0.418. The number of aryl methyl sites for hydroxylation is 1. The monoisotopic (exact) mass is 416 g/mol. The summed E-state index contributed by atoms with van der Waals surface area (Å²) >= 11 is 1.03. The molecule has 0 amide bonds. The molecule has 2 heterocycles. The number of ether oxygens (including phenoxy) is 2. The van der Waals surface area contributed by atoms with Crippen molar-refractivity contribution in [2.24, 2.45) is 5.10 Å². The Morgan fingerprint density at radius 1 is 1.34 bits per heavy atom. The number of thioether (sulfide) groups is 1. The summed E-state index contributed by atoms with van der Waals surface area (Å²) in [4.78, 5) is 11.0. The van der Waals surface area contributed by atoms with E-state index in [0.29, 0.717) is 34.8 Å². The lowest BCUT2D eigenvalue weighted by atomic mass is 10.2. The summed E-state index contributed by atoms with van der Waals surface area (Å²) in [5.41, 5.74) is 1.49. The Labute approximate surface area is 171 Å². The molecule has 0 atom stereocenters. The summed E-state index contributed by atoms with van der Waals surface area (Å²) < 4.78 is 17.7. The van der Waals surface area contributed by atoms with E-state index in [0.717, 1.165) is 22.9 Å². The first-order valence-corrected chi connectivity index (χ1v) is 9.71. The Bertz CT molecular complexity index is 1030. The lowest BCUT2D eigenvalue weighted by Crippen LogP contribution is -2.02. The molecule has 0 radical (unpaired) electrons. The van der Waals surface area contributed by atoms with E-state index in [-0.39, 0.29) is 5.75 Å². The molecule has 0 aliphatic carbocycles. The third-order valence-corrected chi connectivity index (χ3v) is 4.75. The fourth-order valence-electron chi connectivity index (χ4n) is 2.53. The molecule has 1 N–H and O–H groups in total. The Balaban J connectivity index is 1.97. The van der Waals surface area contributed by atoms with E-state index in [4.69, 9.17) is 19.0 Å². The molecule has 0 saturated heterocycles. The first-order chi connectivity index (χ1) is 14.0. The van der Waals surface area contributed by atoms with E-state index < -0.39 is 5.97 Å². The van der Waals surface area contributed by atoms with E-state index in [9.17, 15) is 4.79 Å². The minimum absolute atomic E-state index is 0.158. The Kier molecular flexibility index (Phi) is 6.55. The van der Waals surface area contributed by atoms with E-state index in [2.05, 4.69) is 15.3 Å². The highest BCUT2D eigenvalue weighted by Crippen LogP contribution is 2.29. The van der Waals surface area contributed by atoms with Gasteiger partial charge in [0.1, 0.15) is 5.76 Å². The Hall–Kier alpha value is -3.27. The summed E-state index contributed by atoms with van der Waals surface area (Å²) in [6.45, 7) is 4.23. The number of carboxylic acid groups (broad SMARTS) is 1. The SMILES string of the molecule is CCOc1ccc(/C=N\n2c(SCC(=O)O)nnc2-c2ccoc2C)cc1OC. The van der Waals surface area contributed by atoms with Crippen LogP contribution in [0.2, 0.25) is 0 Å². The van der Waals surface area contributed by atoms with Gasteiger partial charge in [0.25, 0.3) is 0 Å². The average Bonchev–Trinajstić information content (AvgIpc) is 3.31. The van der Waals surface area contributed by atoms with Gasteiger partial charge < -0.3 is 19.0 Å². The van der Waals surface area contributed by atoms with Crippen LogP contribution in [0.5, 0.6) is 11.5 Å². The third-order valence-electron chi connectivity index (χ3n) is 3.85. The van der Waals surface area contributed by atoms with Gasteiger partial charge in [-0.2, -0.15) is 9.78 Å². The second-order valence-electron chi connectivity index (χ2n) is 5.78. The smallest absolute Gasteiger partial charge is 0.313 e. The van der Waals surface area contributed by atoms with Crippen molar-refractivity contribution in [1.82, 2.24) is 14.9 Å². The molecular weight excluding hydrogens is 396 g/mol. The maximum atomic E-state index is 11.0. The maximum absolute atomic E-state index is 11.0. The van der Waals surface area contributed by atoms with Gasteiger partial charge in [-0.3, -0.25) is 4.79 Å². The molecule has 2 aromatic heterocycles. The lowest BCUT2D eigenvalue weighted by Gasteiger charge is -2.09. The molecule has 29 heavy (non-hydrogen) atoms. The average molecular weight is 416 g/mol. The summed E-state index contributed by atoms with van der Waals surface area (Å²) in [5, 5.41) is 22.1. The number of benzene rings is 1. The van der Waals surface area contributed by atoms with Crippen molar-refractivity contribution in [1.29, 1.82) is 0 Å². The summed E-state index contributed by atoms with van der Waals surface area (Å²) in [6, 6.07) is 7.20. The van der Waals surface area contributed by atoms with Crippen LogP contribution >= 0.6 is 11.8 Å². The van der Waals surface area contributed by atoms with Crippen molar-refractivity contribution < 1.29 is 23.8 Å². The topological polar surface area (TPSA) is 112 Å². The van der Waals surface area contributed by atoms with Crippen molar-refractivity contribution in [3.63, 3.8) is 0 Å². The van der Waals surface area contributed by atoms with Gasteiger partial charge in [-0.1, -0.05) is 11.8 Å². The molecule has 3 aromatic rings. The highest BCUT2D eigenvalue weighted by Gasteiger charge is 2.18. The highest BCUT2D eigenvalue weighted by molar-refractivity contribution is 7.99. The van der Waals surface area contributed by atoms with Crippen molar-refractivity contribution in [2.75, 3.05) is 19.5 Å². The molecular formula is C19H20N4O5S. The number of furan rings is 1. The fourth-order valence-corrected chi connectivity index (χ4v) is 3.14. The molecule has 0 fully saturated rings. The molecule has 3 rings (SSSR count). The molecule has 0 aliphatic heterocycles. The van der Waals surface area contributed by atoms with Crippen LogP contribution in [0.1, 0.15) is 18.2 Å². The van der Waals surface area contributed by atoms with Crippen molar-refractivity contribution in [2.45, 2.75) is 19.0 Å². The van der Waals surface area contributed by atoms with Gasteiger partial charge in [0.2, 0.25) is 5.16 Å². The number of carboxylic acids is 1. The van der Waals surface area contributed by atoms with Crippen molar-refractivity contribution in [3.05, 3.63) is 41.9 Å². The van der Waals surface area contributed by atoms with Crippen LogP contribution in [0.25, 0.3) is 11.4 Å². The van der Waals surface area contributed by atoms with Gasteiger partial charge in [-0.05, 0) is 43.7 Å². The van der Waals surface area contributed by atoms with Crippen LogP contribution in [0.15, 0.2) is 45.2 Å². The van der Waals surface area contributed by atoms with Gasteiger partial charge in [0.15, 0.2) is 17.3 Å². The highest BCUT2D eigenvalue weighted by atomic mass is 32.2. The second-order valence-corrected chi connectivity index (χ2v) is 6.72. The summed E-state index contributed by atoms with van der Waals surface area (Å²) in [5.74, 6) is 1.24. The Morgan fingerprint density at radius 2 is 2.17 bits per heavy atom. The molecule has 152 valence electrons. The van der Waals surface area contributed by atoms with E-state index in [1.165, 1.54) is 4.68 Å². The first kappa shape index (κ1) is 20.5. The third kappa shape index (κ3) is 4.77. The number of aliphatic carboxylic acids is 1. The van der Waals surface area contributed by atoms with Gasteiger partial charge in [0, 0.05) is 0 Å². The number of nitrogens with zero attached hydrogens (tertiary/aromatic N) is 4. The minimum atomic E-state index is -0.953. The molecule has 10 heteroatoms. The second kappa shape index (κ2) is 9.28. The molecule has 1 aromatic carbocycles. The van der Waals surface area contributed by atoms with Crippen LogP contribution in [0.3, 0.4) is 0 Å². The summed E-state index contributed by atoms with van der Waals surface area (Å²) in [6.07, 6.45) is 3.17. The van der Waals surface area contributed by atoms with E-state index >= 15 is 0 Å². The van der Waals surface area contributed by atoms with Gasteiger partial charge in [-0.15, -0.1) is 10.2 Å². The number of methoxy groups -OCH3 is 1. The largest absolute Gasteiger partial charge is 0.493 e. The number of hydrogen-bond acceptors (Lipinski definition) is 8. The molecule has 0 saturated carbocycles. The Morgan fingerprint density at radius 3 is 2.83 bits per heavy atom.